The molecule has 5 saturated carbocycles. The average molecular weight is 298 g/mol. The maximum Gasteiger partial charge on any atom is 0.233 e. The molecule has 1 aromatic carbocycles. The molecule has 21 heavy (non-hydrogen) atoms. The first kappa shape index (κ1) is 12.2. The molecular formula is C17H18N2OS. The van der Waals surface area contributed by atoms with Crippen LogP contribution in [0.3, 0.4) is 0 Å². The number of hydrogen-bond acceptors (Lipinski definition) is 3. The topological polar surface area (TPSA) is 42.0 Å². The highest BCUT2D eigenvalue weighted by molar-refractivity contribution is 7.22. The summed E-state index contributed by atoms with van der Waals surface area (Å²) >= 11 is 1.57. The van der Waals surface area contributed by atoms with E-state index in [9.17, 15) is 4.79 Å². The summed E-state index contributed by atoms with van der Waals surface area (Å²) in [5.41, 5.74) is 1.53. The third-order valence-corrected chi connectivity index (χ3v) is 8.06. The molecule has 1 aromatic heterocycles. The van der Waals surface area contributed by atoms with Gasteiger partial charge in [0.15, 0.2) is 5.13 Å². The second-order valence-electron chi connectivity index (χ2n) is 7.43. The fourth-order valence-corrected chi connectivity index (χ4v) is 6.71. The summed E-state index contributed by atoms with van der Waals surface area (Å²) in [5, 5.41) is 3.87. The molecule has 1 heterocycles. The van der Waals surface area contributed by atoms with E-state index in [0.717, 1.165) is 21.8 Å². The highest BCUT2D eigenvalue weighted by atomic mass is 32.1. The molecule has 0 radical (unpaired) electrons. The number of rotatable bonds is 2. The summed E-state index contributed by atoms with van der Waals surface area (Å²) in [4.78, 5) is 17.4. The van der Waals surface area contributed by atoms with E-state index in [1.165, 1.54) is 12.8 Å². The first-order chi connectivity index (χ1) is 10.0. The summed E-state index contributed by atoms with van der Waals surface area (Å²) in [6.07, 6.45) is 3.50. The van der Waals surface area contributed by atoms with Crippen molar-refractivity contribution >= 4 is 32.6 Å². The van der Waals surface area contributed by atoms with Crippen molar-refractivity contribution in [1.29, 1.82) is 0 Å². The van der Waals surface area contributed by atoms with E-state index in [-0.39, 0.29) is 16.7 Å². The molecule has 5 aliphatic rings. The maximum atomic E-state index is 12.9. The van der Waals surface area contributed by atoms with Crippen LogP contribution < -0.4 is 5.32 Å². The third kappa shape index (κ3) is 1.05. The summed E-state index contributed by atoms with van der Waals surface area (Å²) in [7, 11) is 0. The maximum absolute atomic E-state index is 12.9. The molecule has 108 valence electrons. The quantitative estimate of drug-likeness (QED) is 0.908. The lowest BCUT2D eigenvalue weighted by molar-refractivity contribution is -0.326. The van der Waals surface area contributed by atoms with Crippen molar-refractivity contribution in [1.82, 2.24) is 4.98 Å². The molecule has 4 bridgehead atoms. The van der Waals surface area contributed by atoms with E-state index in [4.69, 9.17) is 0 Å². The summed E-state index contributed by atoms with van der Waals surface area (Å²) in [6.45, 7) is 4.69. The zero-order valence-electron chi connectivity index (χ0n) is 12.3. The number of benzene rings is 1. The van der Waals surface area contributed by atoms with E-state index in [1.807, 2.05) is 18.2 Å². The molecule has 7 rings (SSSR count). The summed E-state index contributed by atoms with van der Waals surface area (Å²) in [6, 6.07) is 8.04. The molecule has 5 aliphatic carbocycles. The minimum absolute atomic E-state index is 0.0976. The number of nitrogens with zero attached hydrogens (tertiary/aromatic N) is 1. The molecule has 0 saturated heterocycles. The molecule has 1 N–H and O–H groups in total. The van der Waals surface area contributed by atoms with Gasteiger partial charge in [-0.1, -0.05) is 37.3 Å². The van der Waals surface area contributed by atoms with E-state index in [2.05, 4.69) is 30.2 Å². The number of carbonyl (C=O) groups is 1. The van der Waals surface area contributed by atoms with Gasteiger partial charge in [-0.25, -0.2) is 4.98 Å². The fourth-order valence-electron chi connectivity index (χ4n) is 5.85. The van der Waals surface area contributed by atoms with Crippen molar-refractivity contribution in [2.45, 2.75) is 33.1 Å². The Kier molecular flexibility index (Phi) is 1.92. The van der Waals surface area contributed by atoms with Gasteiger partial charge in [0.2, 0.25) is 5.91 Å². The second-order valence-corrected chi connectivity index (χ2v) is 8.46. The Morgan fingerprint density at radius 3 is 2.86 bits per heavy atom. The first-order valence-corrected chi connectivity index (χ1v) is 8.50. The molecule has 5 fully saturated rings. The zero-order valence-corrected chi connectivity index (χ0v) is 13.1. The van der Waals surface area contributed by atoms with Crippen molar-refractivity contribution in [3.05, 3.63) is 24.3 Å². The van der Waals surface area contributed by atoms with Gasteiger partial charge in [0.25, 0.3) is 0 Å². The minimum Gasteiger partial charge on any atom is -0.301 e. The lowest BCUT2D eigenvalue weighted by Crippen LogP contribution is -2.81. The van der Waals surface area contributed by atoms with Gasteiger partial charge in [-0.05, 0) is 48.1 Å². The van der Waals surface area contributed by atoms with Crippen LogP contribution >= 0.6 is 11.3 Å². The van der Waals surface area contributed by atoms with Gasteiger partial charge in [0.05, 0.1) is 15.6 Å². The Morgan fingerprint density at radius 1 is 1.38 bits per heavy atom. The number of aromatic nitrogens is 1. The number of thiazole rings is 1. The number of anilines is 1. The summed E-state index contributed by atoms with van der Waals surface area (Å²) in [5.74, 6) is 0.819. The Balaban J connectivity index is 1.46. The number of nitrogens with one attached hydrogen (secondary N) is 1. The average Bonchev–Trinajstić information content (AvgIpc) is 3.03. The molecular weight excluding hydrogens is 280 g/mol. The van der Waals surface area contributed by atoms with Gasteiger partial charge >= 0.3 is 0 Å². The normalized spacial score (nSPS) is 42.5. The SMILES string of the molecule is CC12CC3(C(=O)Nc4nc5ccccc5s4)C1CCC23C. The van der Waals surface area contributed by atoms with Gasteiger partial charge in [-0.15, -0.1) is 0 Å². The number of para-hydroxylation sites is 1. The lowest BCUT2D eigenvalue weighted by atomic mass is 9.21. The Hall–Kier alpha value is -1.42. The second kappa shape index (κ2) is 3.32. The van der Waals surface area contributed by atoms with Crippen LogP contribution in [0.15, 0.2) is 24.3 Å². The number of hydrogen-bond donors (Lipinski definition) is 1. The Morgan fingerprint density at radius 2 is 2.19 bits per heavy atom. The largest absolute Gasteiger partial charge is 0.301 e. The lowest BCUT2D eigenvalue weighted by Gasteiger charge is -2.81. The highest BCUT2D eigenvalue weighted by Crippen LogP contribution is 2.93. The number of fused-ring (bicyclic) bond motifs is 2. The van der Waals surface area contributed by atoms with E-state index in [1.54, 1.807) is 11.3 Å². The van der Waals surface area contributed by atoms with Crippen LogP contribution in [0, 0.1) is 22.2 Å². The van der Waals surface area contributed by atoms with Crippen molar-refractivity contribution in [3.63, 3.8) is 0 Å². The van der Waals surface area contributed by atoms with Crippen molar-refractivity contribution in [3.8, 4) is 0 Å². The van der Waals surface area contributed by atoms with Crippen LogP contribution in [-0.4, -0.2) is 10.9 Å². The number of amides is 1. The number of carbonyl (C=O) groups excluding carboxylic acids is 1. The van der Waals surface area contributed by atoms with Crippen molar-refractivity contribution in [2.75, 3.05) is 5.32 Å². The Bertz CT molecular complexity index is 766. The van der Waals surface area contributed by atoms with Crippen LogP contribution in [0.5, 0.6) is 0 Å². The van der Waals surface area contributed by atoms with Crippen LogP contribution in [0.25, 0.3) is 10.2 Å². The summed E-state index contributed by atoms with van der Waals surface area (Å²) < 4.78 is 1.13. The minimum atomic E-state index is -0.0976. The molecule has 4 unspecified atom stereocenters. The predicted octanol–water partition coefficient (Wildman–Crippen LogP) is 4.06. The molecule has 4 atom stereocenters. The van der Waals surface area contributed by atoms with Gasteiger partial charge in [0.1, 0.15) is 0 Å². The standard InChI is InChI=1S/C17H18N2OS/c1-15-9-17(12(15)7-8-16(15,17)2)13(20)19-14-18-10-5-3-4-6-11(10)21-14/h3-6,12H,7-9H2,1-2H3,(H,18,19,20). The smallest absolute Gasteiger partial charge is 0.233 e. The van der Waals surface area contributed by atoms with Gasteiger partial charge in [-0.3, -0.25) is 4.79 Å². The fraction of sp³-hybridized carbons (Fsp3) is 0.529. The van der Waals surface area contributed by atoms with Gasteiger partial charge in [0, 0.05) is 0 Å². The van der Waals surface area contributed by atoms with Crippen LogP contribution in [0.2, 0.25) is 0 Å². The van der Waals surface area contributed by atoms with Gasteiger partial charge in [-0.2, -0.15) is 0 Å². The van der Waals surface area contributed by atoms with Crippen LogP contribution in [0.4, 0.5) is 5.13 Å². The third-order valence-electron chi connectivity index (χ3n) is 7.11. The predicted molar refractivity (Wildman–Crippen MR) is 84.2 cm³/mol. The van der Waals surface area contributed by atoms with Crippen LogP contribution in [-0.2, 0) is 4.79 Å². The van der Waals surface area contributed by atoms with Crippen molar-refractivity contribution < 1.29 is 4.79 Å². The van der Waals surface area contributed by atoms with Gasteiger partial charge < -0.3 is 5.32 Å². The Labute approximate surface area is 127 Å². The highest BCUT2D eigenvalue weighted by Gasteiger charge is 2.91. The molecule has 1 amide bonds. The van der Waals surface area contributed by atoms with Crippen LogP contribution in [0.1, 0.15) is 33.1 Å². The van der Waals surface area contributed by atoms with E-state index < -0.39 is 0 Å². The zero-order chi connectivity index (χ0) is 14.5. The van der Waals surface area contributed by atoms with E-state index >= 15 is 0 Å². The molecule has 2 aromatic rings. The molecule has 4 heteroatoms. The molecule has 0 aliphatic heterocycles. The first-order valence-electron chi connectivity index (χ1n) is 7.68. The monoisotopic (exact) mass is 298 g/mol. The molecule has 3 nitrogen and oxygen atoms in total. The van der Waals surface area contributed by atoms with Crippen molar-refractivity contribution in [2.24, 2.45) is 22.2 Å². The molecule has 0 spiro atoms. The van der Waals surface area contributed by atoms with E-state index in [0.29, 0.717) is 11.3 Å².